The van der Waals surface area contributed by atoms with Crippen molar-refractivity contribution in [3.8, 4) is 0 Å². The molecule has 0 saturated carbocycles. The zero-order valence-corrected chi connectivity index (χ0v) is 13.3. The smallest absolute Gasteiger partial charge is 0.0176 e. The Bertz CT molecular complexity index is 494. The maximum absolute atomic E-state index is 3.44. The fourth-order valence-electron chi connectivity index (χ4n) is 1.36. The van der Waals surface area contributed by atoms with Gasteiger partial charge in [-0.1, -0.05) is 27.7 Å². The maximum atomic E-state index is 3.44. The molecule has 0 amide bonds. The van der Waals surface area contributed by atoms with E-state index in [9.17, 15) is 0 Å². The van der Waals surface area contributed by atoms with Crippen LogP contribution in [0.3, 0.4) is 0 Å². The average molecular weight is 405 g/mol. The zero-order valence-electron chi connectivity index (χ0n) is 8.71. The molecule has 0 nitrogen and oxygen atoms in total. The van der Waals surface area contributed by atoms with Gasteiger partial charge in [0.2, 0.25) is 0 Å². The van der Waals surface area contributed by atoms with Crippen molar-refractivity contribution in [2.24, 2.45) is 0 Å². The molecule has 0 unspecified atom stereocenters. The molecule has 82 valence electrons. The maximum Gasteiger partial charge on any atom is 0.0176 e. The van der Waals surface area contributed by atoms with Gasteiger partial charge in [-0.05, 0) is 77.5 Å². The van der Waals surface area contributed by atoms with Gasteiger partial charge >= 0.3 is 0 Å². The molecule has 2 aromatic rings. The van der Waals surface area contributed by atoms with E-state index in [-0.39, 0.29) is 0 Å². The first-order valence-electron chi connectivity index (χ1n) is 4.85. The van der Waals surface area contributed by atoms with Gasteiger partial charge in [-0.25, -0.2) is 0 Å². The third kappa shape index (κ3) is 3.25. The lowest BCUT2D eigenvalue weighted by molar-refractivity contribution is 1.28. The molecule has 0 atom stereocenters. The molecule has 0 spiro atoms. The topological polar surface area (TPSA) is 0 Å². The third-order valence-electron chi connectivity index (χ3n) is 2.18. The van der Waals surface area contributed by atoms with Crippen LogP contribution in [0.25, 0.3) is 0 Å². The second-order valence-electron chi connectivity index (χ2n) is 3.47. The molecule has 0 fully saturated rings. The zero-order chi connectivity index (χ0) is 11.5. The number of aryl methyl sites for hydroxylation is 1. The second-order valence-corrected chi connectivity index (χ2v) is 6.74. The number of benzene rings is 2. The van der Waals surface area contributed by atoms with E-state index in [1.54, 1.807) is 0 Å². The Morgan fingerprint density at radius 1 is 1.06 bits per heavy atom. The van der Waals surface area contributed by atoms with E-state index in [1.165, 1.54) is 18.9 Å². The molecule has 3 heteroatoms. The summed E-state index contributed by atoms with van der Waals surface area (Å²) in [5.41, 5.74) is 1.33. The Morgan fingerprint density at radius 2 is 1.75 bits per heavy atom. The quantitative estimate of drug-likeness (QED) is 0.594. The van der Waals surface area contributed by atoms with Crippen LogP contribution in [0, 0.1) is 10.5 Å². The fourth-order valence-corrected chi connectivity index (χ4v) is 3.15. The predicted octanol–water partition coefficient (Wildman–Crippen LogP) is 5.51. The Labute approximate surface area is 122 Å². The Balaban J connectivity index is 2.23. The van der Waals surface area contributed by atoms with Crippen LogP contribution in [0.15, 0.2) is 56.7 Å². The number of rotatable bonds is 2. The van der Waals surface area contributed by atoms with Crippen LogP contribution in [0.2, 0.25) is 0 Å². The van der Waals surface area contributed by atoms with E-state index in [0.29, 0.717) is 0 Å². The third-order valence-corrected chi connectivity index (χ3v) is 4.56. The van der Waals surface area contributed by atoms with Gasteiger partial charge < -0.3 is 0 Å². The minimum atomic E-state index is 1.12. The fraction of sp³-hybridized carbons (Fsp3) is 0.0769. The molecule has 0 aliphatic heterocycles. The normalized spacial score (nSPS) is 10.4. The van der Waals surface area contributed by atoms with Gasteiger partial charge in [-0.15, -0.1) is 0 Å². The van der Waals surface area contributed by atoms with Crippen molar-refractivity contribution in [1.82, 2.24) is 0 Å². The first kappa shape index (κ1) is 12.5. The number of halogens is 2. The molecule has 0 radical (unpaired) electrons. The van der Waals surface area contributed by atoms with Gasteiger partial charge in [0.25, 0.3) is 0 Å². The summed E-state index contributed by atoms with van der Waals surface area (Å²) in [5, 5.41) is 0. The molecule has 0 N–H and O–H groups in total. The van der Waals surface area contributed by atoms with Crippen LogP contribution in [0.5, 0.6) is 0 Å². The van der Waals surface area contributed by atoms with Gasteiger partial charge in [0.15, 0.2) is 0 Å². The van der Waals surface area contributed by atoms with Crippen molar-refractivity contribution < 1.29 is 0 Å². The lowest BCUT2D eigenvalue weighted by Crippen LogP contribution is -1.81. The van der Waals surface area contributed by atoms with Crippen molar-refractivity contribution >= 4 is 50.3 Å². The summed E-state index contributed by atoms with van der Waals surface area (Å²) in [7, 11) is 0. The molecular formula is C13H10BrIS. The van der Waals surface area contributed by atoms with Gasteiger partial charge in [-0.3, -0.25) is 0 Å². The van der Waals surface area contributed by atoms with E-state index in [2.05, 4.69) is 87.9 Å². The summed E-state index contributed by atoms with van der Waals surface area (Å²) in [6.45, 7) is 2.16. The van der Waals surface area contributed by atoms with Crippen molar-refractivity contribution in [2.75, 3.05) is 0 Å². The van der Waals surface area contributed by atoms with Crippen molar-refractivity contribution in [3.63, 3.8) is 0 Å². The van der Waals surface area contributed by atoms with Crippen LogP contribution >= 0.6 is 50.3 Å². The molecule has 0 bridgehead atoms. The van der Waals surface area contributed by atoms with Crippen LogP contribution in [-0.4, -0.2) is 0 Å². The summed E-state index contributed by atoms with van der Waals surface area (Å²) < 4.78 is 2.41. The van der Waals surface area contributed by atoms with Crippen molar-refractivity contribution in [2.45, 2.75) is 16.7 Å². The van der Waals surface area contributed by atoms with E-state index in [1.807, 2.05) is 11.8 Å². The Kier molecular flexibility index (Phi) is 4.33. The summed E-state index contributed by atoms with van der Waals surface area (Å²) >= 11 is 7.59. The van der Waals surface area contributed by atoms with Crippen LogP contribution < -0.4 is 0 Å². The van der Waals surface area contributed by atoms with Crippen molar-refractivity contribution in [1.29, 1.82) is 0 Å². The molecule has 16 heavy (non-hydrogen) atoms. The SMILES string of the molecule is Cc1cc(I)ccc1Sc1ccc(Br)cc1. The molecule has 0 aliphatic rings. The first-order chi connectivity index (χ1) is 7.65. The highest BCUT2D eigenvalue weighted by Crippen LogP contribution is 2.31. The van der Waals surface area contributed by atoms with E-state index >= 15 is 0 Å². The monoisotopic (exact) mass is 404 g/mol. The number of hydrogen-bond acceptors (Lipinski definition) is 1. The van der Waals surface area contributed by atoms with E-state index in [0.717, 1.165) is 4.47 Å². The Morgan fingerprint density at radius 3 is 2.38 bits per heavy atom. The minimum Gasteiger partial charge on any atom is -0.0898 e. The largest absolute Gasteiger partial charge is 0.0898 e. The van der Waals surface area contributed by atoms with Crippen LogP contribution in [0.1, 0.15) is 5.56 Å². The molecule has 2 aromatic carbocycles. The van der Waals surface area contributed by atoms with Gasteiger partial charge in [0.1, 0.15) is 0 Å². The summed E-state index contributed by atoms with van der Waals surface area (Å²) in [4.78, 5) is 2.59. The van der Waals surface area contributed by atoms with Gasteiger partial charge in [0, 0.05) is 17.8 Å². The molecule has 0 aromatic heterocycles. The average Bonchev–Trinajstić information content (AvgIpc) is 2.25. The first-order valence-corrected chi connectivity index (χ1v) is 7.53. The minimum absolute atomic E-state index is 1.12. The lowest BCUT2D eigenvalue weighted by atomic mass is 10.2. The standard InChI is InChI=1S/C13H10BrIS/c1-9-8-11(15)4-7-13(9)16-12-5-2-10(14)3-6-12/h2-8H,1H3. The lowest BCUT2D eigenvalue weighted by Gasteiger charge is -2.06. The summed E-state index contributed by atoms with van der Waals surface area (Å²) in [5.74, 6) is 0. The molecular weight excluding hydrogens is 395 g/mol. The molecule has 0 saturated heterocycles. The highest BCUT2D eigenvalue weighted by Gasteiger charge is 2.01. The summed E-state index contributed by atoms with van der Waals surface area (Å²) in [6, 6.07) is 15.0. The number of hydrogen-bond donors (Lipinski definition) is 0. The van der Waals surface area contributed by atoms with Crippen LogP contribution in [0.4, 0.5) is 0 Å². The summed E-state index contributed by atoms with van der Waals surface area (Å²) in [6.07, 6.45) is 0. The second kappa shape index (κ2) is 5.56. The van der Waals surface area contributed by atoms with Crippen molar-refractivity contribution in [3.05, 3.63) is 56.1 Å². The van der Waals surface area contributed by atoms with Gasteiger partial charge in [0.05, 0.1) is 0 Å². The predicted molar refractivity (Wildman–Crippen MR) is 82.2 cm³/mol. The molecule has 2 rings (SSSR count). The molecule has 0 aliphatic carbocycles. The molecule has 0 heterocycles. The Hall–Kier alpha value is -0.000000000000000111. The van der Waals surface area contributed by atoms with Crippen LogP contribution in [-0.2, 0) is 0 Å². The highest BCUT2D eigenvalue weighted by atomic mass is 127. The van der Waals surface area contributed by atoms with Gasteiger partial charge in [-0.2, -0.15) is 0 Å². The van der Waals surface area contributed by atoms with E-state index < -0.39 is 0 Å². The van der Waals surface area contributed by atoms with E-state index in [4.69, 9.17) is 0 Å². The highest BCUT2D eigenvalue weighted by molar-refractivity contribution is 14.1.